The molecule has 67 heteroatoms. The number of carbonyl (C=O) groups is 7. The number of nitrogens with zero attached hydrogens (tertiary/aromatic N) is 6. The number of aliphatic carboxylic acids is 2. The molecule has 5 aromatic rings. The quantitative estimate of drug-likeness (QED) is 0.0127. The summed E-state index contributed by atoms with van der Waals surface area (Å²) in [7, 11) is -28.1. The first-order chi connectivity index (χ1) is 64.2. The molecule has 6 aliphatic rings. The van der Waals surface area contributed by atoms with Gasteiger partial charge < -0.3 is 90.3 Å². The fourth-order valence-electron chi connectivity index (χ4n) is 14.6. The van der Waals surface area contributed by atoms with Gasteiger partial charge in [0, 0.05) is 122 Å². The van der Waals surface area contributed by atoms with E-state index in [1.807, 2.05) is 19.9 Å². The lowest BCUT2D eigenvalue weighted by molar-refractivity contribution is -0.140. The third-order valence-corrected chi connectivity index (χ3v) is 28.0. The first kappa shape index (κ1) is 108. The minimum Gasteiger partial charge on any atom is -0.480 e. The van der Waals surface area contributed by atoms with Crippen LogP contribution in [0.4, 0.5) is 0 Å². The first-order valence-corrected chi connectivity index (χ1v) is 49.6. The Labute approximate surface area is 769 Å². The molecule has 7 unspecified atom stereocenters. The lowest BCUT2D eigenvalue weighted by Crippen LogP contribution is -2.50. The van der Waals surface area contributed by atoms with Gasteiger partial charge in [0.2, 0.25) is 29.5 Å². The number of carboxylic acid groups (broad SMARTS) is 2. The van der Waals surface area contributed by atoms with E-state index in [4.69, 9.17) is 84.9 Å². The van der Waals surface area contributed by atoms with E-state index in [0.29, 0.717) is 16.7 Å². The number of ether oxygens (including phenoxy) is 5. The second-order valence-electron chi connectivity index (χ2n) is 31.8. The van der Waals surface area contributed by atoms with Crippen molar-refractivity contribution >= 4 is 92.3 Å². The highest BCUT2D eigenvalue weighted by molar-refractivity contribution is 8.00. The summed E-state index contributed by atoms with van der Waals surface area (Å²) >= 11 is 0.698. The highest BCUT2D eigenvalue weighted by Crippen LogP contribution is 2.56. The number of H-pyrrole nitrogens is 5. The number of carbonyl (C=O) groups excluding carboxylic acids is 5. The molecule has 758 valence electrons. The van der Waals surface area contributed by atoms with Crippen LogP contribution < -0.4 is 77.9 Å². The summed E-state index contributed by atoms with van der Waals surface area (Å²) in [5.41, 5.74) is -4.46. The molecule has 19 N–H and O–H groups in total. The number of aromatic nitrogens is 10. The van der Waals surface area contributed by atoms with Gasteiger partial charge in [0.05, 0.1) is 57.5 Å². The molecule has 5 amide bonds. The van der Waals surface area contributed by atoms with Gasteiger partial charge in [-0.25, -0.2) is 46.8 Å². The Balaban J connectivity index is 0.746. The van der Waals surface area contributed by atoms with Crippen LogP contribution in [0, 0.1) is 34.6 Å². The van der Waals surface area contributed by atoms with Crippen LogP contribution in [0.1, 0.15) is 117 Å². The molecule has 0 bridgehead atoms. The van der Waals surface area contributed by atoms with Crippen molar-refractivity contribution in [1.82, 2.24) is 68.6 Å². The van der Waals surface area contributed by atoms with Crippen LogP contribution in [-0.2, 0) is 125 Å². The molecule has 0 spiro atoms. The van der Waals surface area contributed by atoms with Gasteiger partial charge in [-0.05, 0) is 41.0 Å². The number of nitrogens with one attached hydrogen (secondary N) is 8. The SMILES string of the molecule is Cc1cn([C@H]2C[C@H](OP(=O)(O)OC[C@H]3O[C@@H](n4cc(C)c(=O)[nH]c4=O)C[C@@H]3OP(=O)(O)OC[C@H]3O[C@@H](n4cc(C)c(=O)[nH]c4=O)C[C@@H]3OP(=O)(O)OC[C@H]3O[C@@H](n4cc(C)c(=O)[nH]c4=O)C[C@@H]3OP(=O)(O)OC[C@H]3O[C@@H](n4cc(C)c(=O)[nH]c4=O)C[C@@H]3OP(=O)(O)OCC(CO)NC(=O)CCN3C(=O)CC(SC[C@H](NC(=O)CC[C@H](N)C(=O)O)C(=O)NCC(=O)O)C3=O)[C@@H](CO)O2)c(=O)[nH]c1=O. The van der Waals surface area contributed by atoms with E-state index in [-0.39, 0.29) is 34.2 Å². The van der Waals surface area contributed by atoms with Crippen molar-refractivity contribution in [3.05, 3.63) is 163 Å². The zero-order valence-electron chi connectivity index (χ0n) is 72.3. The van der Waals surface area contributed by atoms with Gasteiger partial charge in [-0.3, -0.25) is 155 Å². The van der Waals surface area contributed by atoms with Crippen LogP contribution >= 0.6 is 50.9 Å². The number of likely N-dealkylation sites (tertiary alicyclic amines) is 1. The predicted octanol–water partition coefficient (Wildman–Crippen LogP) is -6.17. The van der Waals surface area contributed by atoms with Crippen LogP contribution in [0.25, 0.3) is 0 Å². The molecule has 5 aromatic heterocycles. The summed E-state index contributed by atoms with van der Waals surface area (Å²) < 4.78 is 158. The van der Waals surface area contributed by atoms with Crippen LogP contribution in [0.2, 0.25) is 0 Å². The van der Waals surface area contributed by atoms with Gasteiger partial charge >= 0.3 is 79.5 Å². The maximum absolute atomic E-state index is 14.4. The summed E-state index contributed by atoms with van der Waals surface area (Å²) in [5, 5.41) is 44.0. The van der Waals surface area contributed by atoms with Crippen molar-refractivity contribution in [2.75, 3.05) is 65.1 Å². The molecule has 0 aliphatic carbocycles. The fraction of sp³-hybridized carbons (Fsp3) is 0.614. The standard InChI is InChI=1S/C70H96N15O46P5S/c1-30-17-81(66(102)75-58(30)93)52-10-38(43(23-87)122-52)127-133(109,110)118-25-45-40(12-54(124-45)83-19-32(3)60(95)77-68(83)104)129-135(113,114)120-27-47-42(14-56(126-47)85-21-34(5)62(97)79-70(85)106)131-136(115,116)121-28-46-41(13-55(125-46)84-20-33(4)61(96)78-69(84)105)130-134(111,112)119-26-44-39(11-53(123-44)82-18-31(2)59(94)76-67(82)103)128-132(107,108)117-24-35(22-86)73-50(89)8-9-80-51(90)15-48(64(80)99)137-29-37(63(98)72-16-57(91)92)74-49(88)7-6-36(71)65(100)101/h17-21,35-48,52-56,86-87H,6-16,22-29,71H2,1-5H3,(H,72,98)(H,73,89)(H,74,88)(H,91,92)(H,100,101)(H,107,108)(H,109,110)(H,111,112)(H,113,114)(H,115,116)(H,75,93,102)(H,76,94,103)(H,77,95,104)(H,78,96,105)(H,79,97,106)/t35?,36-,37-,38-,39-,40-,41-,42-,43+,44+,45+,46+,47+,48?,52+,53+,54+,55+,56+/m0/s1. The molecule has 0 aromatic carbocycles. The van der Waals surface area contributed by atoms with E-state index in [0.717, 1.165) is 53.8 Å². The number of amides is 5. The number of hydrogen-bond acceptors (Lipinski definition) is 41. The van der Waals surface area contributed by atoms with Crippen molar-refractivity contribution in [3.63, 3.8) is 0 Å². The van der Waals surface area contributed by atoms with Crippen LogP contribution in [-0.4, -0.2) is 289 Å². The summed E-state index contributed by atoms with van der Waals surface area (Å²) in [5.74, 6) is -7.87. The Morgan fingerprint density at radius 1 is 0.467 bits per heavy atom. The normalized spacial score (nSPS) is 26.8. The summed E-state index contributed by atoms with van der Waals surface area (Å²) in [6.45, 7) is -2.80. The van der Waals surface area contributed by atoms with Crippen molar-refractivity contribution < 1.29 is 170 Å². The fourth-order valence-corrected chi connectivity index (χ4v) is 20.6. The number of aromatic amines is 5. The lowest BCUT2D eigenvalue weighted by Gasteiger charge is -2.26. The van der Waals surface area contributed by atoms with Gasteiger partial charge in [0.15, 0.2) is 0 Å². The van der Waals surface area contributed by atoms with Gasteiger partial charge in [-0.15, -0.1) is 11.8 Å². The molecule has 6 fully saturated rings. The second kappa shape index (κ2) is 45.4. The van der Waals surface area contributed by atoms with E-state index in [2.05, 4.69) is 20.9 Å². The molecular weight excluding hydrogens is 1970 g/mol. The van der Waals surface area contributed by atoms with E-state index in [1.165, 1.54) is 34.6 Å². The van der Waals surface area contributed by atoms with E-state index in [9.17, 15) is 139 Å². The number of phosphoric acid groups is 5. The number of nitrogens with two attached hydrogens (primary N) is 1. The monoisotopic (exact) mass is 2070 g/mol. The number of phosphoric ester groups is 5. The summed E-state index contributed by atoms with van der Waals surface area (Å²) in [6, 6.07) is -4.54. The van der Waals surface area contributed by atoms with E-state index in [1.54, 1.807) is 0 Å². The van der Waals surface area contributed by atoms with Crippen molar-refractivity contribution in [1.29, 1.82) is 0 Å². The summed E-state index contributed by atoms with van der Waals surface area (Å²) in [6.07, 6.45) is -25.6. The zero-order chi connectivity index (χ0) is 101. The van der Waals surface area contributed by atoms with Gasteiger partial charge in [-0.2, -0.15) is 0 Å². The molecule has 24 atom stereocenters. The topological polar surface area (TPSA) is 865 Å². The van der Waals surface area contributed by atoms with Crippen molar-refractivity contribution in [2.45, 2.75) is 208 Å². The maximum Gasteiger partial charge on any atom is 0.472 e. The minimum absolute atomic E-state index is 0.0556. The lowest BCUT2D eigenvalue weighted by atomic mass is 10.1. The number of aliphatic hydroxyl groups excluding tert-OH is 2. The molecule has 11 rings (SSSR count). The van der Waals surface area contributed by atoms with Gasteiger partial charge in [0.1, 0.15) is 111 Å². The number of rotatable bonds is 47. The summed E-state index contributed by atoms with van der Waals surface area (Å²) in [4.78, 5) is 283. The Hall–Kier alpha value is -9.53. The largest absolute Gasteiger partial charge is 0.480 e. The molecular formula is C70H96N15O46P5S. The van der Waals surface area contributed by atoms with Gasteiger partial charge in [0.25, 0.3) is 27.8 Å². The highest BCUT2D eigenvalue weighted by Gasteiger charge is 2.52. The van der Waals surface area contributed by atoms with Crippen LogP contribution in [0.5, 0.6) is 0 Å². The molecule has 61 nitrogen and oxygen atoms in total. The molecule has 11 heterocycles. The smallest absolute Gasteiger partial charge is 0.472 e. The van der Waals surface area contributed by atoms with Crippen molar-refractivity contribution in [3.8, 4) is 0 Å². The Bertz CT molecular complexity index is 6270. The van der Waals surface area contributed by atoms with Crippen molar-refractivity contribution in [2.24, 2.45) is 5.73 Å². The molecule has 6 saturated heterocycles. The van der Waals surface area contributed by atoms with Crippen LogP contribution in [0.15, 0.2) is 78.9 Å². The average Bonchev–Trinajstić information content (AvgIpc) is 1.66. The Morgan fingerprint density at radius 3 is 1.08 bits per heavy atom. The van der Waals surface area contributed by atoms with E-state index >= 15 is 0 Å². The van der Waals surface area contributed by atoms with Gasteiger partial charge in [-0.1, -0.05) is 0 Å². The maximum atomic E-state index is 14.4. The number of thioether (sulfide) groups is 1. The number of aryl methyl sites for hydroxylation is 5. The number of hydrogen-bond donors (Lipinski definition) is 18. The zero-order valence-corrected chi connectivity index (χ0v) is 77.6. The molecule has 137 heavy (non-hydrogen) atoms. The third-order valence-electron chi connectivity index (χ3n) is 21.6. The third kappa shape index (κ3) is 28.7. The predicted molar refractivity (Wildman–Crippen MR) is 452 cm³/mol. The second-order valence-corrected chi connectivity index (χ2v) is 40.0. The molecule has 0 saturated carbocycles. The number of imide groups is 1. The minimum atomic E-state index is -5.77. The average molecular weight is 2070 g/mol. The Kier molecular flexibility index (Phi) is 35.7. The first-order valence-electron chi connectivity index (χ1n) is 41.1. The van der Waals surface area contributed by atoms with E-state index < -0.39 is 369 Å². The Morgan fingerprint density at radius 2 is 0.774 bits per heavy atom. The highest BCUT2D eigenvalue weighted by atomic mass is 32.2. The molecule has 6 aliphatic heterocycles. The number of carboxylic acids is 2. The van der Waals surface area contributed by atoms with Crippen LogP contribution in [0.3, 0.4) is 0 Å². The molecule has 0 radical (unpaired) electrons. The number of aliphatic hydroxyl groups is 2.